The minimum absolute atomic E-state index is 0.0777. The van der Waals surface area contributed by atoms with E-state index in [1.54, 1.807) is 24.3 Å². The van der Waals surface area contributed by atoms with Crippen LogP contribution in [0.4, 0.5) is 10.1 Å². The summed E-state index contributed by atoms with van der Waals surface area (Å²) in [6, 6.07) is 9.32. The van der Waals surface area contributed by atoms with E-state index in [0.29, 0.717) is 15.2 Å². The predicted octanol–water partition coefficient (Wildman–Crippen LogP) is 3.97. The maximum atomic E-state index is 13.4. The molecule has 106 valence electrons. The highest BCUT2D eigenvalue weighted by Gasteiger charge is 2.37. The molecular formula is C15H8BrClFNO2. The van der Waals surface area contributed by atoms with Crippen LogP contribution in [-0.4, -0.2) is 11.7 Å². The summed E-state index contributed by atoms with van der Waals surface area (Å²) in [7, 11) is 0. The molecule has 2 aromatic rings. The van der Waals surface area contributed by atoms with Crippen LogP contribution in [0.3, 0.4) is 0 Å². The molecule has 1 aliphatic heterocycles. The normalized spacial score (nSPS) is 13.8. The Morgan fingerprint density at radius 3 is 2.67 bits per heavy atom. The van der Waals surface area contributed by atoms with Crippen molar-refractivity contribution in [2.24, 2.45) is 0 Å². The Hall–Kier alpha value is -1.72. The fraction of sp³-hybridized carbons (Fsp3) is 0.0667. The third kappa shape index (κ3) is 2.47. The number of carbonyl (C=O) groups excluding carboxylic acids is 2. The molecule has 0 saturated carbocycles. The van der Waals surface area contributed by atoms with Gasteiger partial charge in [0.2, 0.25) is 0 Å². The first-order valence-electron chi connectivity index (χ1n) is 6.07. The number of halogens is 3. The molecule has 3 rings (SSSR count). The Balaban J connectivity index is 2.05. The number of hydrogen-bond donors (Lipinski definition) is 0. The maximum absolute atomic E-state index is 13.4. The van der Waals surface area contributed by atoms with Gasteiger partial charge in [-0.3, -0.25) is 14.5 Å². The van der Waals surface area contributed by atoms with Gasteiger partial charge in [-0.25, -0.2) is 4.39 Å². The quantitative estimate of drug-likeness (QED) is 0.752. The standard InChI is InChI=1S/C15H8BrClFNO2/c16-12-6-10(18)5-11-13(12)19(15(21)14(11)20)7-8-2-1-3-9(17)4-8/h1-6H,7H2. The first-order valence-corrected chi connectivity index (χ1v) is 7.24. The van der Waals surface area contributed by atoms with Crippen molar-refractivity contribution in [2.45, 2.75) is 6.54 Å². The van der Waals surface area contributed by atoms with Crippen molar-refractivity contribution in [3.63, 3.8) is 0 Å². The number of Topliss-reactive ketones (excluding diaryl/α,β-unsaturated/α-hetero) is 1. The van der Waals surface area contributed by atoms with Gasteiger partial charge in [0.15, 0.2) is 0 Å². The fourth-order valence-corrected chi connectivity index (χ4v) is 3.18. The zero-order chi connectivity index (χ0) is 15.1. The lowest BCUT2D eigenvalue weighted by Crippen LogP contribution is -2.29. The van der Waals surface area contributed by atoms with Crippen molar-refractivity contribution in [1.82, 2.24) is 0 Å². The minimum atomic E-state index is -0.702. The lowest BCUT2D eigenvalue weighted by atomic mass is 10.1. The van der Waals surface area contributed by atoms with Crippen LogP contribution in [0.1, 0.15) is 15.9 Å². The Morgan fingerprint density at radius 2 is 1.95 bits per heavy atom. The van der Waals surface area contributed by atoms with Crippen LogP contribution in [0.5, 0.6) is 0 Å². The predicted molar refractivity (Wildman–Crippen MR) is 81.1 cm³/mol. The van der Waals surface area contributed by atoms with Crippen molar-refractivity contribution < 1.29 is 14.0 Å². The molecule has 1 heterocycles. The van der Waals surface area contributed by atoms with Gasteiger partial charge in [0, 0.05) is 9.50 Å². The first-order chi connectivity index (χ1) is 9.97. The van der Waals surface area contributed by atoms with Crippen LogP contribution in [0.15, 0.2) is 40.9 Å². The number of hydrogen-bond acceptors (Lipinski definition) is 2. The van der Waals surface area contributed by atoms with Crippen LogP contribution in [0, 0.1) is 5.82 Å². The van der Waals surface area contributed by atoms with Gasteiger partial charge in [-0.05, 0) is 45.8 Å². The number of amides is 1. The molecule has 1 amide bonds. The largest absolute Gasteiger partial charge is 0.299 e. The third-order valence-electron chi connectivity index (χ3n) is 3.21. The molecule has 0 unspecified atom stereocenters. The van der Waals surface area contributed by atoms with Gasteiger partial charge in [-0.15, -0.1) is 0 Å². The number of benzene rings is 2. The summed E-state index contributed by atoms with van der Waals surface area (Å²) < 4.78 is 13.8. The van der Waals surface area contributed by atoms with E-state index in [1.807, 2.05) is 0 Å². The van der Waals surface area contributed by atoms with Crippen LogP contribution < -0.4 is 4.90 Å². The lowest BCUT2D eigenvalue weighted by Gasteiger charge is -2.18. The summed E-state index contributed by atoms with van der Waals surface area (Å²) in [5, 5.41) is 0.545. The van der Waals surface area contributed by atoms with Crippen LogP contribution in [-0.2, 0) is 11.3 Å². The molecular weight excluding hydrogens is 361 g/mol. The molecule has 2 aromatic carbocycles. The molecule has 0 atom stereocenters. The van der Waals surface area contributed by atoms with E-state index < -0.39 is 17.5 Å². The molecule has 0 N–H and O–H groups in total. The zero-order valence-electron chi connectivity index (χ0n) is 10.6. The molecule has 0 bridgehead atoms. The molecule has 6 heteroatoms. The maximum Gasteiger partial charge on any atom is 0.299 e. The van der Waals surface area contributed by atoms with Gasteiger partial charge in [0.05, 0.1) is 17.8 Å². The minimum Gasteiger partial charge on any atom is -0.299 e. The molecule has 0 aromatic heterocycles. The Labute approximate surface area is 133 Å². The monoisotopic (exact) mass is 367 g/mol. The molecule has 0 aliphatic carbocycles. The lowest BCUT2D eigenvalue weighted by molar-refractivity contribution is -0.114. The van der Waals surface area contributed by atoms with Gasteiger partial charge in [-0.1, -0.05) is 23.7 Å². The molecule has 0 radical (unpaired) electrons. The smallest absolute Gasteiger partial charge is 0.299 e. The van der Waals surface area contributed by atoms with E-state index >= 15 is 0 Å². The van der Waals surface area contributed by atoms with Crippen molar-refractivity contribution in [1.29, 1.82) is 0 Å². The zero-order valence-corrected chi connectivity index (χ0v) is 12.9. The number of fused-ring (bicyclic) bond motifs is 1. The number of anilines is 1. The molecule has 1 aliphatic rings. The third-order valence-corrected chi connectivity index (χ3v) is 4.05. The van der Waals surface area contributed by atoms with Gasteiger partial charge >= 0.3 is 0 Å². The van der Waals surface area contributed by atoms with Crippen LogP contribution in [0.25, 0.3) is 0 Å². The van der Waals surface area contributed by atoms with Crippen molar-refractivity contribution in [3.8, 4) is 0 Å². The fourth-order valence-electron chi connectivity index (χ4n) is 2.32. The van der Waals surface area contributed by atoms with E-state index in [0.717, 1.165) is 11.6 Å². The molecule has 0 spiro atoms. The highest BCUT2D eigenvalue weighted by molar-refractivity contribution is 9.10. The summed E-state index contributed by atoms with van der Waals surface area (Å²) in [6.45, 7) is 0.197. The number of nitrogens with zero attached hydrogens (tertiary/aromatic N) is 1. The summed E-state index contributed by atoms with van der Waals surface area (Å²) in [6.07, 6.45) is 0. The Bertz CT molecular complexity index is 778. The van der Waals surface area contributed by atoms with Crippen molar-refractivity contribution >= 4 is 44.9 Å². The van der Waals surface area contributed by atoms with E-state index in [9.17, 15) is 14.0 Å². The number of ketones is 1. The molecule has 0 fully saturated rings. The SMILES string of the molecule is O=C1C(=O)N(Cc2cccc(Cl)c2)c2c(Br)cc(F)cc21. The highest BCUT2D eigenvalue weighted by Crippen LogP contribution is 2.37. The second kappa shape index (κ2) is 5.24. The average molecular weight is 369 g/mol. The number of rotatable bonds is 2. The van der Waals surface area contributed by atoms with Gasteiger partial charge in [0.25, 0.3) is 11.7 Å². The molecule has 3 nitrogen and oxygen atoms in total. The number of carbonyl (C=O) groups is 2. The van der Waals surface area contributed by atoms with Crippen LogP contribution in [0.2, 0.25) is 5.02 Å². The topological polar surface area (TPSA) is 37.4 Å². The van der Waals surface area contributed by atoms with Gasteiger partial charge in [-0.2, -0.15) is 0 Å². The average Bonchev–Trinajstić information content (AvgIpc) is 2.64. The van der Waals surface area contributed by atoms with E-state index in [1.165, 1.54) is 11.0 Å². The summed E-state index contributed by atoms with van der Waals surface area (Å²) >= 11 is 9.13. The van der Waals surface area contributed by atoms with E-state index in [4.69, 9.17) is 11.6 Å². The second-order valence-electron chi connectivity index (χ2n) is 4.63. The Morgan fingerprint density at radius 1 is 1.19 bits per heavy atom. The molecule has 21 heavy (non-hydrogen) atoms. The van der Waals surface area contributed by atoms with Crippen molar-refractivity contribution in [3.05, 3.63) is 62.8 Å². The van der Waals surface area contributed by atoms with E-state index in [-0.39, 0.29) is 12.1 Å². The van der Waals surface area contributed by atoms with Crippen molar-refractivity contribution in [2.75, 3.05) is 4.90 Å². The van der Waals surface area contributed by atoms with E-state index in [2.05, 4.69) is 15.9 Å². The Kier molecular flexibility index (Phi) is 3.55. The highest BCUT2D eigenvalue weighted by atomic mass is 79.9. The summed E-state index contributed by atoms with van der Waals surface area (Å²) in [5.41, 5.74) is 1.26. The van der Waals surface area contributed by atoms with Gasteiger partial charge in [0.1, 0.15) is 5.82 Å². The molecule has 0 saturated heterocycles. The summed E-state index contributed by atoms with van der Waals surface area (Å²) in [4.78, 5) is 25.4. The first kappa shape index (κ1) is 14.2. The summed E-state index contributed by atoms with van der Waals surface area (Å²) in [5.74, 6) is -1.94. The second-order valence-corrected chi connectivity index (χ2v) is 5.92. The van der Waals surface area contributed by atoms with Crippen LogP contribution >= 0.6 is 27.5 Å². The van der Waals surface area contributed by atoms with Gasteiger partial charge < -0.3 is 0 Å².